The van der Waals surface area contributed by atoms with E-state index in [4.69, 9.17) is 11.5 Å². The quantitative estimate of drug-likeness (QED) is 0.144. The van der Waals surface area contributed by atoms with Crippen LogP contribution in [0.4, 0.5) is 0 Å². The number of hydrogen-bond acceptors (Lipinski definition) is 2. The molecule has 0 aliphatic rings. The first-order chi connectivity index (χ1) is 14.7. The number of rotatable bonds is 25. The summed E-state index contributed by atoms with van der Waals surface area (Å²) in [4.78, 5) is 0. The normalized spacial score (nSPS) is 13.6. The first-order valence-corrected chi connectivity index (χ1v) is 14.2. The smallest absolute Gasteiger partial charge is 0.00388 e. The Morgan fingerprint density at radius 3 is 0.867 bits per heavy atom. The molecule has 2 nitrogen and oxygen atoms in total. The van der Waals surface area contributed by atoms with Gasteiger partial charge >= 0.3 is 0 Å². The van der Waals surface area contributed by atoms with Gasteiger partial charge in [0.15, 0.2) is 0 Å². The van der Waals surface area contributed by atoms with Crippen LogP contribution < -0.4 is 11.5 Å². The molecule has 0 spiro atoms. The average Bonchev–Trinajstić information content (AvgIpc) is 2.74. The van der Waals surface area contributed by atoms with Gasteiger partial charge in [0.05, 0.1) is 0 Å². The second-order valence-electron chi connectivity index (χ2n) is 10.0. The van der Waals surface area contributed by atoms with E-state index in [2.05, 4.69) is 13.8 Å². The van der Waals surface area contributed by atoms with Crippen LogP contribution in [0.5, 0.6) is 0 Å². The van der Waals surface area contributed by atoms with Gasteiger partial charge < -0.3 is 11.5 Å². The molecule has 0 aliphatic heterocycles. The molecule has 182 valence electrons. The molecule has 2 atom stereocenters. The molecule has 0 amide bonds. The lowest BCUT2D eigenvalue weighted by Crippen LogP contribution is -2.23. The van der Waals surface area contributed by atoms with Crippen LogP contribution in [0.1, 0.15) is 168 Å². The number of nitrogens with two attached hydrogens (primary N) is 2. The highest BCUT2D eigenvalue weighted by Crippen LogP contribution is 2.15. The highest BCUT2D eigenvalue weighted by atomic mass is 14.6. The third-order valence-electron chi connectivity index (χ3n) is 6.76. The Morgan fingerprint density at radius 2 is 0.567 bits per heavy atom. The van der Waals surface area contributed by atoms with Crippen molar-refractivity contribution in [1.29, 1.82) is 0 Å². The Hall–Kier alpha value is -0.0800. The minimum atomic E-state index is 0.402. The van der Waals surface area contributed by atoms with E-state index < -0.39 is 0 Å². The molecule has 0 rings (SSSR count). The van der Waals surface area contributed by atoms with Gasteiger partial charge in [0.25, 0.3) is 0 Å². The van der Waals surface area contributed by atoms with E-state index in [9.17, 15) is 0 Å². The first-order valence-electron chi connectivity index (χ1n) is 14.2. The van der Waals surface area contributed by atoms with Crippen molar-refractivity contribution in [1.82, 2.24) is 0 Å². The zero-order valence-electron chi connectivity index (χ0n) is 21.3. The largest absolute Gasteiger partial charge is 0.328 e. The molecule has 0 heterocycles. The van der Waals surface area contributed by atoms with Crippen LogP contribution in [0.3, 0.4) is 0 Å². The summed E-state index contributed by atoms with van der Waals surface area (Å²) in [5.41, 5.74) is 12.6. The van der Waals surface area contributed by atoms with Crippen LogP contribution in [0, 0.1) is 0 Å². The Kier molecular flexibility index (Phi) is 25.1. The third-order valence-corrected chi connectivity index (χ3v) is 6.76. The Morgan fingerprint density at radius 1 is 0.333 bits per heavy atom. The van der Waals surface area contributed by atoms with E-state index >= 15 is 0 Å². The van der Waals surface area contributed by atoms with Crippen LogP contribution in [0.2, 0.25) is 0 Å². The van der Waals surface area contributed by atoms with Crippen LogP contribution in [-0.2, 0) is 0 Å². The second-order valence-corrected chi connectivity index (χ2v) is 10.0. The van der Waals surface area contributed by atoms with Crippen molar-refractivity contribution >= 4 is 0 Å². The molecular weight excluding hydrogens is 364 g/mol. The zero-order chi connectivity index (χ0) is 22.1. The molecule has 0 radical (unpaired) electrons. The monoisotopic (exact) mass is 424 g/mol. The van der Waals surface area contributed by atoms with Crippen molar-refractivity contribution in [2.75, 3.05) is 0 Å². The van der Waals surface area contributed by atoms with Crippen molar-refractivity contribution in [3.8, 4) is 0 Å². The summed E-state index contributed by atoms with van der Waals surface area (Å²) < 4.78 is 0. The van der Waals surface area contributed by atoms with Gasteiger partial charge in [-0.1, -0.05) is 142 Å². The average molecular weight is 425 g/mol. The lowest BCUT2D eigenvalue weighted by atomic mass is 9.98. The van der Waals surface area contributed by atoms with Crippen LogP contribution in [0.25, 0.3) is 0 Å². The molecule has 0 aromatic rings. The molecule has 0 aliphatic carbocycles. The minimum absolute atomic E-state index is 0.402. The predicted molar refractivity (Wildman–Crippen MR) is 138 cm³/mol. The van der Waals surface area contributed by atoms with E-state index in [1.165, 1.54) is 154 Å². The van der Waals surface area contributed by atoms with Crippen molar-refractivity contribution in [2.45, 2.75) is 180 Å². The van der Waals surface area contributed by atoms with Gasteiger partial charge in [-0.2, -0.15) is 0 Å². The topological polar surface area (TPSA) is 52.0 Å². The highest BCUT2D eigenvalue weighted by molar-refractivity contribution is 4.66. The van der Waals surface area contributed by atoms with Gasteiger partial charge in [0.1, 0.15) is 0 Å². The Balaban J connectivity index is 3.26. The van der Waals surface area contributed by atoms with Crippen molar-refractivity contribution in [3.05, 3.63) is 0 Å². The summed E-state index contributed by atoms with van der Waals surface area (Å²) in [6.07, 6.45) is 32.7. The summed E-state index contributed by atoms with van der Waals surface area (Å²) in [5, 5.41) is 0. The van der Waals surface area contributed by atoms with Crippen molar-refractivity contribution < 1.29 is 0 Å². The SMILES string of the molecule is CCCCCCCCCCCCCCC(N)CCCC(N)CCCCCCCCC. The maximum Gasteiger partial charge on any atom is 0.00388 e. The molecule has 2 unspecified atom stereocenters. The fraction of sp³-hybridized carbons (Fsp3) is 1.00. The van der Waals surface area contributed by atoms with Crippen molar-refractivity contribution in [3.63, 3.8) is 0 Å². The first kappa shape index (κ1) is 29.9. The minimum Gasteiger partial charge on any atom is -0.328 e. The predicted octanol–water partition coefficient (Wildman–Crippen LogP) is 9.04. The molecule has 0 aromatic heterocycles. The van der Waals surface area contributed by atoms with Crippen LogP contribution >= 0.6 is 0 Å². The maximum absolute atomic E-state index is 6.33. The van der Waals surface area contributed by atoms with Gasteiger partial charge in [-0.3, -0.25) is 0 Å². The molecule has 4 N–H and O–H groups in total. The van der Waals surface area contributed by atoms with E-state index in [0.717, 1.165) is 0 Å². The molecule has 0 saturated carbocycles. The van der Waals surface area contributed by atoms with Gasteiger partial charge in [0, 0.05) is 12.1 Å². The van der Waals surface area contributed by atoms with E-state index in [1.807, 2.05) is 0 Å². The van der Waals surface area contributed by atoms with Gasteiger partial charge in [-0.15, -0.1) is 0 Å². The fourth-order valence-corrected chi connectivity index (χ4v) is 4.54. The lowest BCUT2D eigenvalue weighted by Gasteiger charge is -2.14. The van der Waals surface area contributed by atoms with Gasteiger partial charge in [-0.05, 0) is 25.7 Å². The fourth-order valence-electron chi connectivity index (χ4n) is 4.54. The van der Waals surface area contributed by atoms with E-state index in [-0.39, 0.29) is 0 Å². The summed E-state index contributed by atoms with van der Waals surface area (Å²) in [6.45, 7) is 4.57. The molecular formula is C28H60N2. The molecule has 30 heavy (non-hydrogen) atoms. The maximum atomic E-state index is 6.33. The Bertz CT molecular complexity index is 305. The summed E-state index contributed by atoms with van der Waals surface area (Å²) in [6, 6.07) is 0.804. The van der Waals surface area contributed by atoms with Crippen LogP contribution in [-0.4, -0.2) is 12.1 Å². The summed E-state index contributed by atoms with van der Waals surface area (Å²) in [5.74, 6) is 0. The third kappa shape index (κ3) is 24.2. The van der Waals surface area contributed by atoms with E-state index in [1.54, 1.807) is 0 Å². The van der Waals surface area contributed by atoms with Crippen LogP contribution in [0.15, 0.2) is 0 Å². The van der Waals surface area contributed by atoms with Gasteiger partial charge in [0.2, 0.25) is 0 Å². The molecule has 2 heteroatoms. The summed E-state index contributed by atoms with van der Waals surface area (Å²) >= 11 is 0. The van der Waals surface area contributed by atoms with Gasteiger partial charge in [-0.25, -0.2) is 0 Å². The molecule has 0 saturated heterocycles. The lowest BCUT2D eigenvalue weighted by molar-refractivity contribution is 0.454. The highest BCUT2D eigenvalue weighted by Gasteiger charge is 2.06. The zero-order valence-corrected chi connectivity index (χ0v) is 21.3. The molecule has 0 bridgehead atoms. The standard InChI is InChI=1S/C28H60N2/c1-3-5-7-9-11-12-13-14-15-17-19-21-24-28(30)26-22-25-27(29)23-20-18-16-10-8-6-4-2/h27-28H,3-26,29-30H2,1-2H3. The molecule has 0 aromatic carbocycles. The number of hydrogen-bond donors (Lipinski definition) is 2. The van der Waals surface area contributed by atoms with Crippen molar-refractivity contribution in [2.24, 2.45) is 11.5 Å². The number of unbranched alkanes of at least 4 members (excludes halogenated alkanes) is 17. The second kappa shape index (κ2) is 25.2. The molecule has 0 fully saturated rings. The summed E-state index contributed by atoms with van der Waals surface area (Å²) in [7, 11) is 0. The van der Waals surface area contributed by atoms with E-state index in [0.29, 0.717) is 12.1 Å². The Labute approximate surface area is 191 Å².